The van der Waals surface area contributed by atoms with Crippen molar-refractivity contribution in [3.8, 4) is 0 Å². The maximum absolute atomic E-state index is 9.71. The van der Waals surface area contributed by atoms with Gasteiger partial charge in [-0.2, -0.15) is 0 Å². The molecule has 0 spiro atoms. The highest BCUT2D eigenvalue weighted by molar-refractivity contribution is 7.44. The van der Waals surface area contributed by atoms with Gasteiger partial charge in [0, 0.05) is 0 Å². The van der Waals surface area contributed by atoms with Crippen molar-refractivity contribution >= 4 is 17.2 Å². The van der Waals surface area contributed by atoms with E-state index in [1.807, 2.05) is 6.92 Å². The fraction of sp³-hybridized carbons (Fsp3) is 1.00. The normalized spacial score (nSPS) is 60.6. The van der Waals surface area contributed by atoms with E-state index in [-0.39, 0.29) is 0 Å². The zero-order valence-corrected chi connectivity index (χ0v) is 9.81. The number of rotatable bonds is 2. The molecule has 0 saturated carbocycles. The van der Waals surface area contributed by atoms with Crippen molar-refractivity contribution in [3.05, 3.63) is 0 Å². The molecule has 16 heavy (non-hydrogen) atoms. The summed E-state index contributed by atoms with van der Waals surface area (Å²) in [6, 6.07) is 0. The Kier molecular flexibility index (Phi) is 1.80. The van der Waals surface area contributed by atoms with Gasteiger partial charge in [-0.1, -0.05) is 6.92 Å². The molecule has 8 nitrogen and oxygen atoms in total. The van der Waals surface area contributed by atoms with Crippen LogP contribution in [0, 0.1) is 0 Å². The number of fused-ring (bicyclic) bond motifs is 2. The summed E-state index contributed by atoms with van der Waals surface area (Å²) in [5.74, 6) is -5.84. The van der Waals surface area contributed by atoms with Gasteiger partial charge >= 0.3 is 29.0 Å². The van der Waals surface area contributed by atoms with E-state index in [0.29, 0.717) is 6.42 Å². The topological polar surface area (TPSA) is 95.8 Å². The van der Waals surface area contributed by atoms with Crippen LogP contribution >= 0.6 is 17.2 Å². The highest BCUT2D eigenvalue weighted by Crippen LogP contribution is 2.82. The van der Waals surface area contributed by atoms with E-state index in [2.05, 4.69) is 0 Å². The summed E-state index contributed by atoms with van der Waals surface area (Å²) in [6.07, 6.45) is 0.109. The van der Waals surface area contributed by atoms with Crippen molar-refractivity contribution in [1.29, 1.82) is 0 Å². The third kappa shape index (κ3) is 0.864. The lowest BCUT2D eigenvalue weighted by Gasteiger charge is -2.50. The molecule has 6 fully saturated rings. The molecule has 10 heteroatoms. The van der Waals surface area contributed by atoms with E-state index in [1.54, 1.807) is 0 Å². The Morgan fingerprint density at radius 3 is 2.25 bits per heavy atom. The third-order valence-corrected chi connectivity index (χ3v) is 5.41. The molecule has 6 aliphatic heterocycles. The Balaban J connectivity index is 1.76. The largest absolute Gasteiger partial charge is 0.349 e. The highest BCUT2D eigenvalue weighted by Gasteiger charge is 2.91. The lowest BCUT2D eigenvalue weighted by Crippen LogP contribution is -2.73. The Bertz CT molecular complexity index is 348. The first-order valence-electron chi connectivity index (χ1n) is 4.70. The van der Waals surface area contributed by atoms with Crippen LogP contribution in [0.5, 0.6) is 0 Å². The Hall–Kier alpha value is 0.540. The smallest absolute Gasteiger partial charge is 0.339 e. The maximum atomic E-state index is 9.71. The molecular formula is C6H8O8P2. The molecular weight excluding hydrogens is 262 g/mol. The Labute approximate surface area is 92.3 Å². The van der Waals surface area contributed by atoms with E-state index in [9.17, 15) is 10.2 Å². The molecule has 0 aromatic rings. The third-order valence-electron chi connectivity index (χ3n) is 2.92. The van der Waals surface area contributed by atoms with Gasteiger partial charge in [0.2, 0.25) is 0 Å². The second-order valence-electron chi connectivity index (χ2n) is 3.80. The summed E-state index contributed by atoms with van der Waals surface area (Å²) < 4.78 is 31.3. The maximum Gasteiger partial charge on any atom is 0.349 e. The minimum atomic E-state index is -2.57. The van der Waals surface area contributed by atoms with Crippen molar-refractivity contribution in [2.45, 2.75) is 37.0 Å². The van der Waals surface area contributed by atoms with E-state index >= 15 is 0 Å². The first-order chi connectivity index (χ1) is 7.53. The van der Waals surface area contributed by atoms with Gasteiger partial charge in [0.05, 0.1) is 0 Å². The minimum Gasteiger partial charge on any atom is -0.339 e. The standard InChI is InChI=1S/C6H8O8P2/c1-2-3-4(10-15(9-3)11-4)5-6(7,8)14-16(12-5)13-5/h3,7-8H,2H2,1H3. The van der Waals surface area contributed by atoms with Crippen molar-refractivity contribution in [2.75, 3.05) is 0 Å². The van der Waals surface area contributed by atoms with E-state index in [0.717, 1.165) is 0 Å². The van der Waals surface area contributed by atoms with Crippen LogP contribution in [0.25, 0.3) is 0 Å². The average molecular weight is 270 g/mol. The molecule has 0 aromatic heterocycles. The molecule has 90 valence electrons. The second kappa shape index (κ2) is 2.75. The molecule has 0 amide bonds. The van der Waals surface area contributed by atoms with Gasteiger partial charge in [-0.3, -0.25) is 18.1 Å². The van der Waals surface area contributed by atoms with Crippen LogP contribution in [0.4, 0.5) is 0 Å². The van der Waals surface area contributed by atoms with Gasteiger partial charge in [0.25, 0.3) is 5.79 Å². The summed E-state index contributed by atoms with van der Waals surface area (Å²) >= 11 is 0. The lowest BCUT2D eigenvalue weighted by atomic mass is 9.96. The van der Waals surface area contributed by atoms with Crippen LogP contribution in [0.15, 0.2) is 0 Å². The first-order valence-corrected chi connectivity index (χ1v) is 6.89. The van der Waals surface area contributed by atoms with Crippen molar-refractivity contribution in [3.63, 3.8) is 0 Å². The molecule has 4 bridgehead atoms. The number of aliphatic hydroxyl groups is 2. The van der Waals surface area contributed by atoms with Gasteiger partial charge in [-0.15, -0.1) is 0 Å². The van der Waals surface area contributed by atoms with E-state index in [4.69, 9.17) is 27.1 Å². The molecule has 1 atom stereocenters. The van der Waals surface area contributed by atoms with Crippen molar-refractivity contribution in [2.24, 2.45) is 0 Å². The summed E-state index contributed by atoms with van der Waals surface area (Å²) in [5, 5.41) is 19.4. The van der Waals surface area contributed by atoms with Crippen LogP contribution < -0.4 is 0 Å². The van der Waals surface area contributed by atoms with Gasteiger partial charge in [-0.25, -0.2) is 4.52 Å². The van der Waals surface area contributed by atoms with E-state index < -0.39 is 40.9 Å². The fourth-order valence-corrected chi connectivity index (χ4v) is 4.97. The van der Waals surface area contributed by atoms with Crippen LogP contribution in [-0.2, 0) is 27.1 Å². The number of hydrogen-bond donors (Lipinski definition) is 2. The Morgan fingerprint density at radius 1 is 1.06 bits per heavy atom. The quantitative estimate of drug-likeness (QED) is 0.550. The second-order valence-corrected chi connectivity index (χ2v) is 5.82. The molecule has 1 unspecified atom stereocenters. The summed E-state index contributed by atoms with van der Waals surface area (Å²) in [7, 11) is -3.12. The van der Waals surface area contributed by atoms with Crippen LogP contribution in [0.2, 0.25) is 0 Å². The zero-order valence-electron chi connectivity index (χ0n) is 8.02. The van der Waals surface area contributed by atoms with Gasteiger partial charge in [0.1, 0.15) is 6.10 Å². The van der Waals surface area contributed by atoms with Crippen molar-refractivity contribution < 1.29 is 37.4 Å². The molecule has 2 N–H and O–H groups in total. The summed E-state index contributed by atoms with van der Waals surface area (Å²) in [6.45, 7) is 1.86. The summed E-state index contributed by atoms with van der Waals surface area (Å²) in [5.41, 5.74) is 0. The van der Waals surface area contributed by atoms with Crippen LogP contribution in [0.1, 0.15) is 13.3 Å². The Morgan fingerprint density at radius 2 is 1.75 bits per heavy atom. The van der Waals surface area contributed by atoms with Gasteiger partial charge in [-0.05, 0) is 6.42 Å². The lowest BCUT2D eigenvalue weighted by molar-refractivity contribution is -0.459. The summed E-state index contributed by atoms with van der Waals surface area (Å²) in [4.78, 5) is 0. The molecule has 0 aliphatic carbocycles. The number of hydrogen-bond acceptors (Lipinski definition) is 8. The molecule has 0 aromatic carbocycles. The molecule has 6 saturated heterocycles. The fourth-order valence-electron chi connectivity index (χ4n) is 2.13. The van der Waals surface area contributed by atoms with Gasteiger partial charge < -0.3 is 14.7 Å². The van der Waals surface area contributed by atoms with E-state index in [1.165, 1.54) is 0 Å². The van der Waals surface area contributed by atoms with Gasteiger partial charge in [0.15, 0.2) is 0 Å². The molecule has 6 aliphatic rings. The average Bonchev–Trinajstić information content (AvgIpc) is 2.72. The molecule has 0 radical (unpaired) electrons. The highest BCUT2D eigenvalue weighted by atomic mass is 31.2. The molecule has 6 heterocycles. The van der Waals surface area contributed by atoms with Crippen LogP contribution in [-0.4, -0.2) is 33.9 Å². The monoisotopic (exact) mass is 270 g/mol. The predicted molar refractivity (Wildman–Crippen MR) is 47.1 cm³/mol. The SMILES string of the molecule is CCC1OP2OC1(C13OP(OC1(O)O)O3)O2. The zero-order chi connectivity index (χ0) is 11.2. The molecule has 6 rings (SSSR count). The minimum absolute atomic E-state index is 0.462. The predicted octanol–water partition coefficient (Wildman–Crippen LogP) is 0.404. The first kappa shape index (κ1) is 10.5. The van der Waals surface area contributed by atoms with Crippen molar-refractivity contribution in [1.82, 2.24) is 0 Å². The van der Waals surface area contributed by atoms with Crippen LogP contribution in [0.3, 0.4) is 0 Å².